The topological polar surface area (TPSA) is 72.5 Å². The van der Waals surface area contributed by atoms with E-state index < -0.39 is 20.7 Å². The van der Waals surface area contributed by atoms with Crippen LogP contribution in [-0.2, 0) is 19.6 Å². The number of carbonyl (C=O) groups excluding carboxylic acids is 1. The van der Waals surface area contributed by atoms with Gasteiger partial charge in [-0.2, -0.15) is 0 Å². The van der Waals surface area contributed by atoms with Crippen molar-refractivity contribution in [2.45, 2.75) is 44.0 Å². The minimum Gasteiger partial charge on any atom is -0.377 e. The van der Waals surface area contributed by atoms with Gasteiger partial charge in [-0.15, -0.1) is 6.58 Å². The van der Waals surface area contributed by atoms with Crippen LogP contribution >= 0.6 is 0 Å². The third-order valence-electron chi connectivity index (χ3n) is 3.77. The Balaban J connectivity index is 1.95. The Morgan fingerprint density at radius 2 is 2.16 bits per heavy atom. The third-order valence-corrected chi connectivity index (χ3v) is 5.91. The van der Waals surface area contributed by atoms with Crippen molar-refractivity contribution in [2.75, 3.05) is 6.61 Å². The second-order valence-electron chi connectivity index (χ2n) is 5.75. The molecule has 2 aliphatic rings. The van der Waals surface area contributed by atoms with Gasteiger partial charge in [0, 0.05) is 5.92 Å². The van der Waals surface area contributed by atoms with Gasteiger partial charge in [0.2, 0.25) is 15.9 Å². The molecule has 0 aromatic rings. The van der Waals surface area contributed by atoms with E-state index in [-0.39, 0.29) is 24.5 Å². The minimum atomic E-state index is -3.64. The van der Waals surface area contributed by atoms with Gasteiger partial charge in [0.1, 0.15) is 4.75 Å². The molecule has 2 saturated carbocycles. The summed E-state index contributed by atoms with van der Waals surface area (Å²) in [5.41, 5.74) is 0. The molecule has 0 heterocycles. The van der Waals surface area contributed by atoms with E-state index in [0.29, 0.717) is 19.3 Å². The lowest BCUT2D eigenvalue weighted by Gasteiger charge is -2.18. The lowest BCUT2D eigenvalue weighted by molar-refractivity contribution is -0.120. The van der Waals surface area contributed by atoms with E-state index in [2.05, 4.69) is 11.3 Å². The molecule has 1 N–H and O–H groups in total. The van der Waals surface area contributed by atoms with Gasteiger partial charge in [0.15, 0.2) is 0 Å². The molecule has 0 bridgehead atoms. The lowest BCUT2D eigenvalue weighted by atomic mass is 10.3. The zero-order valence-electron chi connectivity index (χ0n) is 11.4. The number of nitrogens with one attached hydrogen (secondary N) is 1. The molecule has 2 fully saturated rings. The second kappa shape index (κ2) is 4.90. The maximum atomic E-state index is 12.2. The summed E-state index contributed by atoms with van der Waals surface area (Å²) in [7, 11) is -3.64. The summed E-state index contributed by atoms with van der Waals surface area (Å²) >= 11 is 0. The molecule has 2 aliphatic carbocycles. The van der Waals surface area contributed by atoms with Crippen LogP contribution in [0.3, 0.4) is 0 Å². The lowest BCUT2D eigenvalue weighted by Crippen LogP contribution is -2.43. The first kappa shape index (κ1) is 14.5. The fourth-order valence-electron chi connectivity index (χ4n) is 2.04. The molecule has 108 valence electrons. The molecule has 0 aromatic heterocycles. The Kier molecular flexibility index (Phi) is 3.75. The Hall–Kier alpha value is -0.880. The fourth-order valence-corrected chi connectivity index (χ4v) is 3.54. The number of allylic oxidation sites excluding steroid dienone is 1. The Labute approximate surface area is 114 Å². The number of ether oxygens (including phenoxy) is 1. The maximum Gasteiger partial charge on any atom is 0.242 e. The van der Waals surface area contributed by atoms with Crippen molar-refractivity contribution in [1.29, 1.82) is 0 Å². The third kappa shape index (κ3) is 3.00. The van der Waals surface area contributed by atoms with Gasteiger partial charge in [-0.05, 0) is 39.0 Å². The average molecular weight is 287 g/mol. The zero-order valence-corrected chi connectivity index (χ0v) is 12.2. The first-order valence-corrected chi connectivity index (χ1v) is 8.10. The largest absolute Gasteiger partial charge is 0.377 e. The summed E-state index contributed by atoms with van der Waals surface area (Å²) in [6, 6.07) is 0. The Bertz CT molecular complexity index is 479. The van der Waals surface area contributed by atoms with Crippen LogP contribution in [0.5, 0.6) is 0 Å². The highest BCUT2D eigenvalue weighted by Gasteiger charge is 2.56. The maximum absolute atomic E-state index is 12.2. The highest BCUT2D eigenvalue weighted by molar-refractivity contribution is 7.91. The molecular formula is C13H21NO4S. The summed E-state index contributed by atoms with van der Waals surface area (Å²) in [4.78, 5) is 11.8. The van der Waals surface area contributed by atoms with Crippen molar-refractivity contribution in [1.82, 2.24) is 4.72 Å². The first-order valence-electron chi connectivity index (χ1n) is 6.62. The molecule has 0 aromatic carbocycles. The fraction of sp³-hybridized carbons (Fsp3) is 0.769. The molecule has 0 spiro atoms. The molecule has 19 heavy (non-hydrogen) atoms. The van der Waals surface area contributed by atoms with Crippen molar-refractivity contribution in [2.24, 2.45) is 11.8 Å². The van der Waals surface area contributed by atoms with Crippen LogP contribution in [0.15, 0.2) is 12.7 Å². The normalized spacial score (nSPS) is 27.9. The smallest absolute Gasteiger partial charge is 0.242 e. The molecule has 2 atom stereocenters. The summed E-state index contributed by atoms with van der Waals surface area (Å²) in [6.45, 7) is 7.49. The van der Waals surface area contributed by atoms with Crippen LogP contribution in [-0.4, -0.2) is 31.8 Å². The molecule has 0 saturated heterocycles. The van der Waals surface area contributed by atoms with Crippen molar-refractivity contribution in [3.8, 4) is 0 Å². The van der Waals surface area contributed by atoms with Crippen molar-refractivity contribution < 1.29 is 17.9 Å². The van der Waals surface area contributed by atoms with Gasteiger partial charge in [-0.25, -0.2) is 8.42 Å². The van der Waals surface area contributed by atoms with Crippen molar-refractivity contribution >= 4 is 15.9 Å². The van der Waals surface area contributed by atoms with E-state index in [9.17, 15) is 13.2 Å². The molecular weight excluding hydrogens is 266 g/mol. The summed E-state index contributed by atoms with van der Waals surface area (Å²) in [6.07, 6.45) is 3.49. The van der Waals surface area contributed by atoms with Gasteiger partial charge in [0.05, 0.1) is 12.7 Å². The summed E-state index contributed by atoms with van der Waals surface area (Å²) in [5.74, 6) is -0.507. The quantitative estimate of drug-likeness (QED) is 0.714. The van der Waals surface area contributed by atoms with Gasteiger partial charge in [-0.3, -0.25) is 9.52 Å². The average Bonchev–Trinajstić information content (AvgIpc) is 3.19. The van der Waals surface area contributed by atoms with E-state index >= 15 is 0 Å². The van der Waals surface area contributed by atoms with Gasteiger partial charge < -0.3 is 4.74 Å². The van der Waals surface area contributed by atoms with Crippen LogP contribution in [0.1, 0.15) is 33.1 Å². The van der Waals surface area contributed by atoms with Crippen LogP contribution in [0.25, 0.3) is 0 Å². The van der Waals surface area contributed by atoms with Gasteiger partial charge in [-0.1, -0.05) is 6.08 Å². The van der Waals surface area contributed by atoms with Crippen LogP contribution < -0.4 is 4.72 Å². The van der Waals surface area contributed by atoms with Gasteiger partial charge in [0.25, 0.3) is 0 Å². The Morgan fingerprint density at radius 1 is 1.53 bits per heavy atom. The van der Waals surface area contributed by atoms with Gasteiger partial charge >= 0.3 is 0 Å². The number of amides is 1. The zero-order chi connectivity index (χ0) is 14.3. The number of carbonyl (C=O) groups is 1. The predicted octanol–water partition coefficient (Wildman–Crippen LogP) is 1.21. The van der Waals surface area contributed by atoms with Crippen molar-refractivity contribution in [3.63, 3.8) is 0 Å². The van der Waals surface area contributed by atoms with Crippen LogP contribution in [0.2, 0.25) is 0 Å². The molecule has 2 rings (SSSR count). The standard InChI is InChI=1S/C13H21NO4S/c1-4-10-7-11(10)12(15)14-19(16,17)13(5-6-13)8-18-9(2)3/h4,9-11H,1,5-8H2,2-3H3,(H,14,15)/t10-,11+/m1/s1. The molecule has 1 amide bonds. The minimum absolute atomic E-state index is 0.0167. The second-order valence-corrected chi connectivity index (χ2v) is 7.83. The molecule has 0 aliphatic heterocycles. The highest BCUT2D eigenvalue weighted by Crippen LogP contribution is 2.45. The molecule has 0 radical (unpaired) electrons. The van der Waals surface area contributed by atoms with E-state index in [1.807, 2.05) is 13.8 Å². The highest BCUT2D eigenvalue weighted by atomic mass is 32.2. The molecule has 5 nitrogen and oxygen atoms in total. The monoisotopic (exact) mass is 287 g/mol. The number of hydrogen-bond acceptors (Lipinski definition) is 4. The van der Waals surface area contributed by atoms with E-state index in [1.54, 1.807) is 6.08 Å². The van der Waals surface area contributed by atoms with Crippen LogP contribution in [0, 0.1) is 11.8 Å². The van der Waals surface area contributed by atoms with E-state index in [0.717, 1.165) is 0 Å². The van der Waals surface area contributed by atoms with Crippen molar-refractivity contribution in [3.05, 3.63) is 12.7 Å². The summed E-state index contributed by atoms with van der Waals surface area (Å²) < 4.78 is 31.2. The predicted molar refractivity (Wildman–Crippen MR) is 71.9 cm³/mol. The van der Waals surface area contributed by atoms with E-state index in [1.165, 1.54) is 0 Å². The Morgan fingerprint density at radius 3 is 2.58 bits per heavy atom. The number of rotatable bonds is 7. The number of sulfonamides is 1. The summed E-state index contributed by atoms with van der Waals surface area (Å²) in [5, 5.41) is 0. The first-order chi connectivity index (χ1) is 8.81. The SMILES string of the molecule is C=C[C@@H]1C[C@@H]1C(=O)NS(=O)(=O)C1(COC(C)C)CC1. The molecule has 6 heteroatoms. The number of hydrogen-bond donors (Lipinski definition) is 1. The van der Waals surface area contributed by atoms with Crippen LogP contribution in [0.4, 0.5) is 0 Å². The molecule has 0 unspecified atom stereocenters. The van der Waals surface area contributed by atoms with E-state index in [4.69, 9.17) is 4.74 Å².